The third kappa shape index (κ3) is 6.23. The van der Waals surface area contributed by atoms with Crippen molar-refractivity contribution >= 4 is 17.6 Å². The van der Waals surface area contributed by atoms with Crippen LogP contribution < -0.4 is 14.4 Å². The van der Waals surface area contributed by atoms with Crippen molar-refractivity contribution in [3.05, 3.63) is 90.4 Å². The highest BCUT2D eigenvalue weighted by Crippen LogP contribution is 2.23. The van der Waals surface area contributed by atoms with Crippen LogP contribution in [0.5, 0.6) is 11.5 Å². The number of ether oxygens (including phenoxy) is 2. The summed E-state index contributed by atoms with van der Waals surface area (Å²) in [6.07, 6.45) is 1.55. The largest absolute Gasteiger partial charge is 0.497 e. The molecule has 2 aromatic heterocycles. The molecular weight excluding hydrogens is 510 g/mol. The molecule has 0 radical (unpaired) electrons. The lowest BCUT2D eigenvalue weighted by atomic mass is 10.1. The summed E-state index contributed by atoms with van der Waals surface area (Å²) in [5, 5.41) is 8.82. The van der Waals surface area contributed by atoms with E-state index in [1.54, 1.807) is 61.8 Å². The van der Waals surface area contributed by atoms with Gasteiger partial charge in [0.2, 0.25) is 5.91 Å². The van der Waals surface area contributed by atoms with Gasteiger partial charge in [-0.15, -0.1) is 10.2 Å². The lowest BCUT2D eigenvalue weighted by Crippen LogP contribution is -2.52. The molecule has 40 heavy (non-hydrogen) atoms. The molecule has 0 N–H and O–H groups in total. The summed E-state index contributed by atoms with van der Waals surface area (Å²) < 4.78 is 16.0. The van der Waals surface area contributed by atoms with Crippen LogP contribution >= 0.6 is 0 Å². The van der Waals surface area contributed by atoms with Gasteiger partial charge in [-0.25, -0.2) is 0 Å². The predicted molar refractivity (Wildman–Crippen MR) is 149 cm³/mol. The van der Waals surface area contributed by atoms with Gasteiger partial charge in [0, 0.05) is 37.3 Å². The van der Waals surface area contributed by atoms with E-state index in [9.17, 15) is 9.59 Å². The fraction of sp³-hybridized carbons (Fsp3) is 0.267. The topological polar surface area (TPSA) is 101 Å². The SMILES string of the molecule is COc1ccc(C(=O)N(CC(=O)N2CCN(c3ccc(-c4cccc(OC)c4)nn3)CC2)Cc2ccco2)cc1. The first-order chi connectivity index (χ1) is 19.5. The predicted octanol–water partition coefficient (Wildman–Crippen LogP) is 3.75. The average Bonchev–Trinajstić information content (AvgIpc) is 3.54. The van der Waals surface area contributed by atoms with Gasteiger partial charge in [0.1, 0.15) is 23.8 Å². The van der Waals surface area contributed by atoms with E-state index in [-0.39, 0.29) is 24.9 Å². The van der Waals surface area contributed by atoms with Crippen molar-refractivity contribution in [2.24, 2.45) is 0 Å². The number of anilines is 1. The number of carbonyl (C=O) groups is 2. The standard InChI is InChI=1S/C30H31N5O5/c1-38-24-10-8-22(9-11-24)30(37)35(20-26-7-4-18-40-26)21-29(36)34-16-14-33(15-17-34)28-13-12-27(31-32-28)23-5-3-6-25(19-23)39-2/h3-13,18-19H,14-17,20-21H2,1-2H3. The summed E-state index contributed by atoms with van der Waals surface area (Å²) in [6, 6.07) is 22.0. The van der Waals surface area contributed by atoms with Crippen molar-refractivity contribution in [2.75, 3.05) is 51.8 Å². The first-order valence-corrected chi connectivity index (χ1v) is 13.0. The molecule has 10 heteroatoms. The molecule has 2 amide bonds. The van der Waals surface area contributed by atoms with Gasteiger partial charge in [-0.1, -0.05) is 12.1 Å². The van der Waals surface area contributed by atoms with Gasteiger partial charge in [-0.2, -0.15) is 0 Å². The molecule has 0 atom stereocenters. The third-order valence-corrected chi connectivity index (χ3v) is 6.85. The summed E-state index contributed by atoms with van der Waals surface area (Å²) in [6.45, 7) is 2.40. The Morgan fingerprint density at radius 3 is 2.30 bits per heavy atom. The number of furan rings is 1. The zero-order valence-corrected chi connectivity index (χ0v) is 22.5. The van der Waals surface area contributed by atoms with Gasteiger partial charge in [0.25, 0.3) is 5.91 Å². The molecule has 0 spiro atoms. The number of methoxy groups -OCH3 is 2. The highest BCUT2D eigenvalue weighted by atomic mass is 16.5. The van der Waals surface area contributed by atoms with E-state index in [2.05, 4.69) is 15.1 Å². The van der Waals surface area contributed by atoms with Gasteiger partial charge < -0.3 is 28.6 Å². The molecule has 1 saturated heterocycles. The number of carbonyl (C=O) groups excluding carboxylic acids is 2. The van der Waals surface area contributed by atoms with Gasteiger partial charge in [-0.05, 0) is 60.7 Å². The van der Waals surface area contributed by atoms with Crippen LogP contribution in [0.15, 0.2) is 83.5 Å². The Balaban J connectivity index is 1.20. The Hall–Kier alpha value is -4.86. The second kappa shape index (κ2) is 12.3. The van der Waals surface area contributed by atoms with E-state index in [0.29, 0.717) is 43.3 Å². The van der Waals surface area contributed by atoms with Gasteiger partial charge >= 0.3 is 0 Å². The van der Waals surface area contributed by atoms with Crippen molar-refractivity contribution in [1.29, 1.82) is 0 Å². The molecule has 3 heterocycles. The Bertz CT molecular complexity index is 1420. The maximum Gasteiger partial charge on any atom is 0.254 e. The first-order valence-electron chi connectivity index (χ1n) is 13.0. The molecule has 206 valence electrons. The summed E-state index contributed by atoms with van der Waals surface area (Å²) in [5.74, 6) is 2.41. The lowest BCUT2D eigenvalue weighted by Gasteiger charge is -2.36. The highest BCUT2D eigenvalue weighted by Gasteiger charge is 2.26. The zero-order valence-electron chi connectivity index (χ0n) is 22.5. The van der Waals surface area contributed by atoms with E-state index < -0.39 is 0 Å². The number of benzene rings is 2. The second-order valence-corrected chi connectivity index (χ2v) is 9.35. The molecule has 0 saturated carbocycles. The summed E-state index contributed by atoms with van der Waals surface area (Å²) in [7, 11) is 3.20. The monoisotopic (exact) mass is 541 g/mol. The molecule has 0 unspecified atom stereocenters. The van der Waals surface area contributed by atoms with Crippen LogP contribution in [0.25, 0.3) is 11.3 Å². The van der Waals surface area contributed by atoms with Gasteiger partial charge in [0.05, 0.1) is 32.7 Å². The number of nitrogens with zero attached hydrogens (tertiary/aromatic N) is 5. The van der Waals surface area contributed by atoms with Crippen molar-refractivity contribution in [3.8, 4) is 22.8 Å². The summed E-state index contributed by atoms with van der Waals surface area (Å²) >= 11 is 0. The van der Waals surface area contributed by atoms with Crippen LogP contribution in [-0.2, 0) is 11.3 Å². The van der Waals surface area contributed by atoms with Crippen molar-refractivity contribution in [3.63, 3.8) is 0 Å². The van der Waals surface area contributed by atoms with Crippen LogP contribution in [0.3, 0.4) is 0 Å². The van der Waals surface area contributed by atoms with Crippen LogP contribution in [0, 0.1) is 0 Å². The van der Waals surface area contributed by atoms with Crippen LogP contribution in [0.2, 0.25) is 0 Å². The quantitative estimate of drug-likeness (QED) is 0.316. The van der Waals surface area contributed by atoms with Crippen LogP contribution in [-0.4, -0.2) is 78.8 Å². The molecule has 1 aliphatic heterocycles. The second-order valence-electron chi connectivity index (χ2n) is 9.35. The number of aromatic nitrogens is 2. The minimum atomic E-state index is -0.252. The summed E-state index contributed by atoms with van der Waals surface area (Å²) in [4.78, 5) is 32.0. The van der Waals surface area contributed by atoms with Gasteiger partial charge in [-0.3, -0.25) is 9.59 Å². The Kier molecular flexibility index (Phi) is 8.24. The van der Waals surface area contributed by atoms with Crippen molar-refractivity contribution < 1.29 is 23.5 Å². The van der Waals surface area contributed by atoms with Crippen molar-refractivity contribution in [1.82, 2.24) is 20.0 Å². The Morgan fingerprint density at radius 2 is 1.65 bits per heavy atom. The minimum absolute atomic E-state index is 0.0550. The average molecular weight is 542 g/mol. The molecule has 1 fully saturated rings. The van der Waals surface area contributed by atoms with Crippen molar-refractivity contribution in [2.45, 2.75) is 6.54 Å². The smallest absolute Gasteiger partial charge is 0.254 e. The Morgan fingerprint density at radius 1 is 0.875 bits per heavy atom. The number of hydrogen-bond acceptors (Lipinski definition) is 8. The molecular formula is C30H31N5O5. The number of piperazine rings is 1. The van der Waals surface area contributed by atoms with Gasteiger partial charge in [0.15, 0.2) is 5.82 Å². The van der Waals surface area contributed by atoms with E-state index in [0.717, 1.165) is 22.8 Å². The molecule has 5 rings (SSSR count). The minimum Gasteiger partial charge on any atom is -0.497 e. The van der Waals surface area contributed by atoms with E-state index >= 15 is 0 Å². The van der Waals surface area contributed by atoms with E-state index in [1.165, 1.54) is 4.90 Å². The number of amides is 2. The fourth-order valence-electron chi connectivity index (χ4n) is 4.58. The third-order valence-electron chi connectivity index (χ3n) is 6.85. The zero-order chi connectivity index (χ0) is 27.9. The van der Waals surface area contributed by atoms with E-state index in [1.807, 2.05) is 36.4 Å². The highest BCUT2D eigenvalue weighted by molar-refractivity contribution is 5.96. The molecule has 0 aliphatic carbocycles. The number of rotatable bonds is 9. The van der Waals surface area contributed by atoms with Crippen LogP contribution in [0.4, 0.5) is 5.82 Å². The summed E-state index contributed by atoms with van der Waals surface area (Å²) in [5.41, 5.74) is 2.16. The lowest BCUT2D eigenvalue weighted by molar-refractivity contribution is -0.132. The molecule has 4 aromatic rings. The first kappa shape index (κ1) is 26.7. The number of hydrogen-bond donors (Lipinski definition) is 0. The molecule has 10 nitrogen and oxygen atoms in total. The van der Waals surface area contributed by atoms with E-state index in [4.69, 9.17) is 13.9 Å². The molecule has 0 bridgehead atoms. The fourth-order valence-corrected chi connectivity index (χ4v) is 4.58. The molecule has 2 aromatic carbocycles. The maximum absolute atomic E-state index is 13.3. The normalized spacial score (nSPS) is 13.2. The maximum atomic E-state index is 13.3. The van der Waals surface area contributed by atoms with Crippen LogP contribution in [0.1, 0.15) is 16.1 Å². The molecule has 1 aliphatic rings. The Labute approximate surface area is 232 Å².